The Balaban J connectivity index is 2.94. The van der Waals surface area contributed by atoms with Crippen molar-refractivity contribution in [3.05, 3.63) is 35.9 Å². The average Bonchev–Trinajstić information content (AvgIpc) is 2.45. The molecular weight excluding hydrogens is 284 g/mol. The van der Waals surface area contributed by atoms with E-state index in [1.54, 1.807) is 0 Å². The SMILES string of the molecule is CC(=O)N(Cc1ccccc1)C(C(=O)NCC(=O)O)C(C)C. The summed E-state index contributed by atoms with van der Waals surface area (Å²) in [5, 5.41) is 11.0. The van der Waals surface area contributed by atoms with E-state index in [4.69, 9.17) is 5.11 Å². The second-order valence-corrected chi connectivity index (χ2v) is 5.43. The number of hydrogen-bond acceptors (Lipinski definition) is 3. The summed E-state index contributed by atoms with van der Waals surface area (Å²) in [5.74, 6) is -1.94. The molecule has 0 aliphatic rings. The van der Waals surface area contributed by atoms with Crippen molar-refractivity contribution >= 4 is 17.8 Å². The van der Waals surface area contributed by atoms with E-state index in [1.165, 1.54) is 11.8 Å². The number of benzene rings is 1. The van der Waals surface area contributed by atoms with Crippen LogP contribution in [0.1, 0.15) is 26.3 Å². The zero-order valence-electron chi connectivity index (χ0n) is 13.1. The molecule has 1 atom stereocenters. The van der Waals surface area contributed by atoms with Gasteiger partial charge in [0.25, 0.3) is 0 Å². The van der Waals surface area contributed by atoms with Crippen LogP contribution >= 0.6 is 0 Å². The molecule has 0 aromatic heterocycles. The quantitative estimate of drug-likeness (QED) is 0.794. The van der Waals surface area contributed by atoms with E-state index in [2.05, 4.69) is 5.32 Å². The van der Waals surface area contributed by atoms with Crippen LogP contribution in [0.5, 0.6) is 0 Å². The number of aliphatic carboxylic acids is 1. The Morgan fingerprint density at radius 1 is 1.18 bits per heavy atom. The summed E-state index contributed by atoms with van der Waals surface area (Å²) >= 11 is 0. The maximum atomic E-state index is 12.3. The number of carboxylic acid groups (broad SMARTS) is 1. The lowest BCUT2D eigenvalue weighted by Crippen LogP contribution is -2.52. The fraction of sp³-hybridized carbons (Fsp3) is 0.438. The summed E-state index contributed by atoms with van der Waals surface area (Å²) < 4.78 is 0. The van der Waals surface area contributed by atoms with Gasteiger partial charge in [-0.3, -0.25) is 14.4 Å². The highest BCUT2D eigenvalue weighted by Gasteiger charge is 2.31. The summed E-state index contributed by atoms with van der Waals surface area (Å²) in [5.41, 5.74) is 0.911. The maximum absolute atomic E-state index is 12.3. The minimum Gasteiger partial charge on any atom is -0.480 e. The molecule has 0 saturated carbocycles. The van der Waals surface area contributed by atoms with Crippen molar-refractivity contribution in [1.29, 1.82) is 0 Å². The summed E-state index contributed by atoms with van der Waals surface area (Å²) in [4.78, 5) is 36.3. The van der Waals surface area contributed by atoms with Crippen LogP contribution in [-0.4, -0.2) is 40.4 Å². The number of amides is 2. The zero-order chi connectivity index (χ0) is 16.7. The van der Waals surface area contributed by atoms with E-state index in [1.807, 2.05) is 44.2 Å². The van der Waals surface area contributed by atoms with Gasteiger partial charge in [-0.05, 0) is 11.5 Å². The number of rotatable bonds is 7. The van der Waals surface area contributed by atoms with Crippen LogP contribution in [0.3, 0.4) is 0 Å². The standard InChI is InChI=1S/C16H22N2O4/c1-11(2)15(16(22)17-9-14(20)21)18(12(3)19)10-13-7-5-4-6-8-13/h4-8,11,15H,9-10H2,1-3H3,(H,17,22)(H,20,21). The molecule has 0 saturated heterocycles. The molecular formula is C16H22N2O4. The Bertz CT molecular complexity index is 528. The van der Waals surface area contributed by atoms with Crippen molar-refractivity contribution in [2.45, 2.75) is 33.4 Å². The van der Waals surface area contributed by atoms with Gasteiger partial charge < -0.3 is 15.3 Å². The molecule has 2 N–H and O–H groups in total. The number of carboxylic acids is 1. The Labute approximate surface area is 130 Å². The molecule has 0 spiro atoms. The number of carbonyl (C=O) groups is 3. The third-order valence-corrected chi connectivity index (χ3v) is 3.25. The highest BCUT2D eigenvalue weighted by Crippen LogP contribution is 2.15. The Morgan fingerprint density at radius 3 is 2.23 bits per heavy atom. The van der Waals surface area contributed by atoms with Crippen LogP contribution in [0.2, 0.25) is 0 Å². The van der Waals surface area contributed by atoms with Gasteiger partial charge in [0.15, 0.2) is 0 Å². The molecule has 120 valence electrons. The molecule has 1 unspecified atom stereocenters. The third-order valence-electron chi connectivity index (χ3n) is 3.25. The molecule has 0 aliphatic heterocycles. The van der Waals surface area contributed by atoms with Crippen LogP contribution in [0.15, 0.2) is 30.3 Å². The van der Waals surface area contributed by atoms with Crippen molar-refractivity contribution in [3.63, 3.8) is 0 Å². The number of nitrogens with zero attached hydrogens (tertiary/aromatic N) is 1. The molecule has 6 heteroatoms. The van der Waals surface area contributed by atoms with E-state index in [0.717, 1.165) is 5.56 Å². The van der Waals surface area contributed by atoms with Crippen molar-refractivity contribution in [2.75, 3.05) is 6.54 Å². The first-order valence-electron chi connectivity index (χ1n) is 7.13. The second kappa shape index (κ2) is 8.17. The smallest absolute Gasteiger partial charge is 0.322 e. The molecule has 0 bridgehead atoms. The topological polar surface area (TPSA) is 86.7 Å². The van der Waals surface area contributed by atoms with E-state index in [9.17, 15) is 14.4 Å². The van der Waals surface area contributed by atoms with Crippen LogP contribution in [0.4, 0.5) is 0 Å². The molecule has 1 aromatic rings. The lowest BCUT2D eigenvalue weighted by molar-refractivity contribution is -0.143. The van der Waals surface area contributed by atoms with Crippen molar-refractivity contribution < 1.29 is 19.5 Å². The second-order valence-electron chi connectivity index (χ2n) is 5.43. The summed E-state index contributed by atoms with van der Waals surface area (Å²) in [6.45, 7) is 4.90. The summed E-state index contributed by atoms with van der Waals surface area (Å²) in [7, 11) is 0. The zero-order valence-corrected chi connectivity index (χ0v) is 13.1. The van der Waals surface area contributed by atoms with E-state index < -0.39 is 24.5 Å². The first kappa shape index (κ1) is 17.7. The normalized spacial score (nSPS) is 11.8. The van der Waals surface area contributed by atoms with Gasteiger partial charge in [-0.2, -0.15) is 0 Å². The minimum absolute atomic E-state index is 0.138. The van der Waals surface area contributed by atoms with Gasteiger partial charge in [0.05, 0.1) is 0 Å². The maximum Gasteiger partial charge on any atom is 0.322 e. The first-order chi connectivity index (χ1) is 10.3. The molecule has 2 amide bonds. The Kier molecular flexibility index (Phi) is 6.56. The Morgan fingerprint density at radius 2 is 1.77 bits per heavy atom. The monoisotopic (exact) mass is 306 g/mol. The highest BCUT2D eigenvalue weighted by molar-refractivity contribution is 5.89. The molecule has 6 nitrogen and oxygen atoms in total. The van der Waals surface area contributed by atoms with Crippen molar-refractivity contribution in [2.24, 2.45) is 5.92 Å². The molecule has 0 radical (unpaired) electrons. The van der Waals surface area contributed by atoms with Gasteiger partial charge in [0.1, 0.15) is 12.6 Å². The molecule has 1 rings (SSSR count). The van der Waals surface area contributed by atoms with Crippen molar-refractivity contribution in [1.82, 2.24) is 10.2 Å². The predicted molar refractivity (Wildman–Crippen MR) is 81.9 cm³/mol. The number of nitrogens with one attached hydrogen (secondary N) is 1. The minimum atomic E-state index is -1.12. The number of carbonyl (C=O) groups excluding carboxylic acids is 2. The van der Waals surface area contributed by atoms with Gasteiger partial charge >= 0.3 is 5.97 Å². The third kappa shape index (κ3) is 5.20. The molecule has 0 fully saturated rings. The van der Waals surface area contributed by atoms with Gasteiger partial charge in [-0.25, -0.2) is 0 Å². The van der Waals surface area contributed by atoms with E-state index in [0.29, 0.717) is 6.54 Å². The van der Waals surface area contributed by atoms with Gasteiger partial charge in [0, 0.05) is 13.5 Å². The fourth-order valence-corrected chi connectivity index (χ4v) is 2.26. The van der Waals surface area contributed by atoms with Crippen LogP contribution in [0, 0.1) is 5.92 Å². The molecule has 0 heterocycles. The van der Waals surface area contributed by atoms with Gasteiger partial charge in [0.2, 0.25) is 11.8 Å². The lowest BCUT2D eigenvalue weighted by Gasteiger charge is -2.32. The lowest BCUT2D eigenvalue weighted by atomic mass is 10.0. The predicted octanol–water partition coefficient (Wildman–Crippen LogP) is 1.26. The molecule has 22 heavy (non-hydrogen) atoms. The first-order valence-corrected chi connectivity index (χ1v) is 7.13. The summed E-state index contributed by atoms with van der Waals surface area (Å²) in [6, 6.07) is 8.65. The highest BCUT2D eigenvalue weighted by atomic mass is 16.4. The van der Waals surface area contributed by atoms with Gasteiger partial charge in [-0.1, -0.05) is 44.2 Å². The number of hydrogen-bond donors (Lipinski definition) is 2. The molecule has 0 aliphatic carbocycles. The van der Waals surface area contributed by atoms with E-state index in [-0.39, 0.29) is 11.8 Å². The van der Waals surface area contributed by atoms with Crippen molar-refractivity contribution in [3.8, 4) is 0 Å². The van der Waals surface area contributed by atoms with Gasteiger partial charge in [-0.15, -0.1) is 0 Å². The Hall–Kier alpha value is -2.37. The molecule has 1 aromatic carbocycles. The van der Waals surface area contributed by atoms with E-state index >= 15 is 0 Å². The average molecular weight is 306 g/mol. The van der Waals surface area contributed by atoms with Crippen LogP contribution in [0.25, 0.3) is 0 Å². The largest absolute Gasteiger partial charge is 0.480 e. The summed E-state index contributed by atoms with van der Waals surface area (Å²) in [6.07, 6.45) is 0. The van der Waals surface area contributed by atoms with Crippen LogP contribution in [-0.2, 0) is 20.9 Å². The fourth-order valence-electron chi connectivity index (χ4n) is 2.26. The van der Waals surface area contributed by atoms with Crippen LogP contribution < -0.4 is 5.32 Å².